The molecule has 0 saturated heterocycles. The summed E-state index contributed by atoms with van der Waals surface area (Å²) < 4.78 is 6.84. The van der Waals surface area contributed by atoms with Crippen LogP contribution in [0.5, 0.6) is 0 Å². The molecule has 4 heteroatoms. The van der Waals surface area contributed by atoms with E-state index in [9.17, 15) is 4.79 Å². The van der Waals surface area contributed by atoms with Gasteiger partial charge in [-0.2, -0.15) is 0 Å². The molecule has 0 aliphatic carbocycles. The number of aromatic nitrogens is 2. The third kappa shape index (κ3) is 2.68. The molecule has 0 spiro atoms. The summed E-state index contributed by atoms with van der Waals surface area (Å²) in [6, 6.07) is 23.5. The number of imidazole rings is 1. The number of carbonyl (C=O) groups excluding carboxylic acids is 1. The maximum atomic E-state index is 11.6. The van der Waals surface area contributed by atoms with Gasteiger partial charge in [0.25, 0.3) is 0 Å². The molecule has 122 valence electrons. The lowest BCUT2D eigenvalue weighted by atomic mass is 10.1. The van der Waals surface area contributed by atoms with E-state index in [1.165, 1.54) is 7.11 Å². The van der Waals surface area contributed by atoms with Crippen LogP contribution in [-0.2, 0) is 4.74 Å². The fourth-order valence-electron chi connectivity index (χ4n) is 2.92. The van der Waals surface area contributed by atoms with Crippen LogP contribution < -0.4 is 0 Å². The molecule has 0 radical (unpaired) electrons. The number of pyridine rings is 1. The Labute approximate surface area is 145 Å². The number of ether oxygens (including phenoxy) is 1. The molecule has 0 atom stereocenters. The molecule has 4 nitrogen and oxygen atoms in total. The highest BCUT2D eigenvalue weighted by molar-refractivity contribution is 5.90. The van der Waals surface area contributed by atoms with Crippen LogP contribution in [-0.4, -0.2) is 22.5 Å². The Kier molecular flexibility index (Phi) is 3.78. The van der Waals surface area contributed by atoms with E-state index in [2.05, 4.69) is 4.40 Å². The molecule has 25 heavy (non-hydrogen) atoms. The standard InChI is InChI=1S/C21H16N2O2/c1-25-21(24)17-12-10-15(11-13-17)19-18-9-5-6-14-23(18)20(22-19)16-7-3-2-4-8-16/h2-14H,1H3. The molecule has 0 unspecified atom stereocenters. The van der Waals surface area contributed by atoms with Crippen LogP contribution in [0, 0.1) is 0 Å². The van der Waals surface area contributed by atoms with E-state index in [-0.39, 0.29) is 5.97 Å². The average molecular weight is 328 g/mol. The van der Waals surface area contributed by atoms with Crippen molar-refractivity contribution in [3.05, 3.63) is 84.6 Å². The van der Waals surface area contributed by atoms with Crippen molar-refractivity contribution in [1.82, 2.24) is 9.38 Å². The van der Waals surface area contributed by atoms with Gasteiger partial charge in [-0.25, -0.2) is 9.78 Å². The maximum Gasteiger partial charge on any atom is 0.337 e. The van der Waals surface area contributed by atoms with Gasteiger partial charge >= 0.3 is 5.97 Å². The Morgan fingerprint density at radius 3 is 2.32 bits per heavy atom. The highest BCUT2D eigenvalue weighted by atomic mass is 16.5. The molecule has 0 amide bonds. The first-order chi connectivity index (χ1) is 12.3. The van der Waals surface area contributed by atoms with E-state index in [1.807, 2.05) is 66.9 Å². The Balaban J connectivity index is 1.87. The zero-order valence-corrected chi connectivity index (χ0v) is 13.7. The fraction of sp³-hybridized carbons (Fsp3) is 0.0476. The molecule has 2 aromatic heterocycles. The van der Waals surface area contributed by atoms with Gasteiger partial charge in [-0.15, -0.1) is 0 Å². The van der Waals surface area contributed by atoms with Gasteiger partial charge in [-0.05, 0) is 24.3 Å². The highest BCUT2D eigenvalue weighted by Crippen LogP contribution is 2.29. The van der Waals surface area contributed by atoms with Gasteiger partial charge in [0.15, 0.2) is 0 Å². The SMILES string of the molecule is COC(=O)c1ccc(-c2nc(-c3ccccc3)n3ccccc23)cc1. The summed E-state index contributed by atoms with van der Waals surface area (Å²) in [5.41, 5.74) is 4.45. The Morgan fingerprint density at radius 2 is 1.60 bits per heavy atom. The van der Waals surface area contributed by atoms with Crippen LogP contribution in [0.25, 0.3) is 28.2 Å². The smallest absolute Gasteiger partial charge is 0.337 e. The van der Waals surface area contributed by atoms with Gasteiger partial charge in [-0.1, -0.05) is 48.5 Å². The molecule has 0 aliphatic rings. The minimum atomic E-state index is -0.341. The van der Waals surface area contributed by atoms with Crippen molar-refractivity contribution < 1.29 is 9.53 Å². The maximum absolute atomic E-state index is 11.6. The van der Waals surface area contributed by atoms with Crippen molar-refractivity contribution in [3.8, 4) is 22.6 Å². The molecule has 4 rings (SSSR count). The van der Waals surface area contributed by atoms with Crippen molar-refractivity contribution in [3.63, 3.8) is 0 Å². The first-order valence-electron chi connectivity index (χ1n) is 7.99. The number of esters is 1. The van der Waals surface area contributed by atoms with Gasteiger partial charge < -0.3 is 4.74 Å². The number of rotatable bonds is 3. The summed E-state index contributed by atoms with van der Waals surface area (Å²) >= 11 is 0. The molecule has 0 bridgehead atoms. The number of nitrogens with zero attached hydrogens (tertiary/aromatic N) is 2. The first kappa shape index (κ1) is 15.1. The quantitative estimate of drug-likeness (QED) is 0.522. The van der Waals surface area contributed by atoms with Crippen LogP contribution in [0.15, 0.2) is 79.0 Å². The Hall–Kier alpha value is -3.40. The molecular formula is C21H16N2O2. The minimum absolute atomic E-state index is 0.341. The van der Waals surface area contributed by atoms with Gasteiger partial charge in [0, 0.05) is 17.3 Å². The number of methoxy groups -OCH3 is 1. The van der Waals surface area contributed by atoms with Crippen LogP contribution in [0.2, 0.25) is 0 Å². The van der Waals surface area contributed by atoms with Crippen LogP contribution in [0.1, 0.15) is 10.4 Å². The average Bonchev–Trinajstić information content (AvgIpc) is 3.08. The monoisotopic (exact) mass is 328 g/mol. The second kappa shape index (κ2) is 6.24. The molecular weight excluding hydrogens is 312 g/mol. The predicted molar refractivity (Wildman–Crippen MR) is 97.4 cm³/mol. The third-order valence-corrected chi connectivity index (χ3v) is 4.16. The van der Waals surface area contributed by atoms with Crippen molar-refractivity contribution >= 4 is 11.5 Å². The van der Waals surface area contributed by atoms with E-state index in [0.29, 0.717) is 5.56 Å². The van der Waals surface area contributed by atoms with Crippen LogP contribution in [0.3, 0.4) is 0 Å². The second-order valence-electron chi connectivity index (χ2n) is 5.67. The molecule has 2 heterocycles. The summed E-state index contributed by atoms with van der Waals surface area (Å²) in [5, 5.41) is 0. The molecule has 4 aromatic rings. The molecule has 0 saturated carbocycles. The molecule has 0 aliphatic heterocycles. The normalized spacial score (nSPS) is 10.8. The van der Waals surface area contributed by atoms with Gasteiger partial charge in [-0.3, -0.25) is 4.40 Å². The van der Waals surface area contributed by atoms with E-state index in [1.54, 1.807) is 12.1 Å². The van der Waals surface area contributed by atoms with Gasteiger partial charge in [0.05, 0.1) is 23.9 Å². The van der Waals surface area contributed by atoms with Crippen molar-refractivity contribution in [2.75, 3.05) is 7.11 Å². The predicted octanol–water partition coefficient (Wildman–Crippen LogP) is 4.45. The minimum Gasteiger partial charge on any atom is -0.465 e. The lowest BCUT2D eigenvalue weighted by molar-refractivity contribution is 0.0601. The van der Waals surface area contributed by atoms with E-state index < -0.39 is 0 Å². The Bertz CT molecular complexity index is 1030. The number of fused-ring (bicyclic) bond motifs is 1. The van der Waals surface area contributed by atoms with Crippen LogP contribution in [0.4, 0.5) is 0 Å². The van der Waals surface area contributed by atoms with E-state index in [0.717, 1.165) is 28.2 Å². The number of benzene rings is 2. The number of hydrogen-bond acceptors (Lipinski definition) is 3. The summed E-state index contributed by atoms with van der Waals surface area (Å²) in [5.74, 6) is 0.550. The number of carbonyl (C=O) groups is 1. The third-order valence-electron chi connectivity index (χ3n) is 4.16. The highest BCUT2D eigenvalue weighted by Gasteiger charge is 2.14. The van der Waals surface area contributed by atoms with Gasteiger partial charge in [0.2, 0.25) is 0 Å². The lowest BCUT2D eigenvalue weighted by Crippen LogP contribution is -2.00. The summed E-state index contributed by atoms with van der Waals surface area (Å²) in [4.78, 5) is 16.5. The summed E-state index contributed by atoms with van der Waals surface area (Å²) in [6.07, 6.45) is 2.01. The first-order valence-corrected chi connectivity index (χ1v) is 7.99. The van der Waals surface area contributed by atoms with E-state index in [4.69, 9.17) is 9.72 Å². The lowest BCUT2D eigenvalue weighted by Gasteiger charge is -2.01. The molecule has 0 N–H and O–H groups in total. The van der Waals surface area contributed by atoms with E-state index >= 15 is 0 Å². The summed E-state index contributed by atoms with van der Waals surface area (Å²) in [7, 11) is 1.38. The van der Waals surface area contributed by atoms with Gasteiger partial charge in [0.1, 0.15) is 5.82 Å². The van der Waals surface area contributed by atoms with Crippen LogP contribution >= 0.6 is 0 Å². The zero-order valence-electron chi connectivity index (χ0n) is 13.7. The molecule has 0 fully saturated rings. The number of hydrogen-bond donors (Lipinski definition) is 0. The van der Waals surface area contributed by atoms with Crippen molar-refractivity contribution in [1.29, 1.82) is 0 Å². The topological polar surface area (TPSA) is 43.6 Å². The second-order valence-corrected chi connectivity index (χ2v) is 5.67. The zero-order chi connectivity index (χ0) is 17.2. The van der Waals surface area contributed by atoms with Crippen molar-refractivity contribution in [2.45, 2.75) is 0 Å². The molecule has 2 aromatic carbocycles. The van der Waals surface area contributed by atoms with Crippen molar-refractivity contribution in [2.24, 2.45) is 0 Å². The largest absolute Gasteiger partial charge is 0.465 e. The fourth-order valence-corrected chi connectivity index (χ4v) is 2.92. The summed E-state index contributed by atoms with van der Waals surface area (Å²) in [6.45, 7) is 0. The Morgan fingerprint density at radius 1 is 0.880 bits per heavy atom.